The van der Waals surface area contributed by atoms with Crippen molar-refractivity contribution in [1.82, 2.24) is 15.4 Å². The number of carbonyl (C=O) groups excluding carboxylic acids is 1. The molecule has 3 aromatic rings. The van der Waals surface area contributed by atoms with Gasteiger partial charge in [-0.1, -0.05) is 17.8 Å². The van der Waals surface area contributed by atoms with Crippen molar-refractivity contribution in [2.24, 2.45) is 5.10 Å². The van der Waals surface area contributed by atoms with Crippen LogP contribution in [0.2, 0.25) is 0 Å². The van der Waals surface area contributed by atoms with Crippen LogP contribution in [0.25, 0.3) is 10.2 Å². The van der Waals surface area contributed by atoms with E-state index in [1.165, 1.54) is 11.8 Å². The number of hydrogen-bond acceptors (Lipinski definition) is 7. The standard InChI is InChI=1S/C18H18N4O2S2/c1-3-24-13-7-8-15-16(10-13)26-18(20-15)25-11-17(23)22-21-12(2)14-6-4-5-9-19-14/h4-10H,3,11H2,1-2H3,(H,22,23). The minimum atomic E-state index is -0.181. The molecule has 26 heavy (non-hydrogen) atoms. The van der Waals surface area contributed by atoms with E-state index in [-0.39, 0.29) is 11.7 Å². The quantitative estimate of drug-likeness (QED) is 0.380. The highest BCUT2D eigenvalue weighted by molar-refractivity contribution is 8.01. The summed E-state index contributed by atoms with van der Waals surface area (Å²) in [6, 6.07) is 11.4. The van der Waals surface area contributed by atoms with E-state index < -0.39 is 0 Å². The molecule has 0 saturated carbocycles. The molecule has 3 rings (SSSR count). The molecular weight excluding hydrogens is 368 g/mol. The van der Waals surface area contributed by atoms with E-state index in [0.29, 0.717) is 12.3 Å². The molecule has 1 amide bonds. The molecule has 0 atom stereocenters. The van der Waals surface area contributed by atoms with Crippen LogP contribution in [0, 0.1) is 0 Å². The van der Waals surface area contributed by atoms with Gasteiger partial charge in [-0.05, 0) is 44.2 Å². The normalized spacial score (nSPS) is 11.5. The Bertz CT molecular complexity index is 925. The van der Waals surface area contributed by atoms with Crippen molar-refractivity contribution < 1.29 is 9.53 Å². The Morgan fingerprint density at radius 2 is 2.23 bits per heavy atom. The number of aromatic nitrogens is 2. The summed E-state index contributed by atoms with van der Waals surface area (Å²) in [5.74, 6) is 0.897. The van der Waals surface area contributed by atoms with Crippen LogP contribution in [0.1, 0.15) is 19.5 Å². The number of nitrogens with zero attached hydrogens (tertiary/aromatic N) is 3. The van der Waals surface area contributed by atoms with Crippen molar-refractivity contribution in [2.75, 3.05) is 12.4 Å². The van der Waals surface area contributed by atoms with E-state index in [4.69, 9.17) is 4.74 Å². The molecule has 0 fully saturated rings. The number of carbonyl (C=O) groups is 1. The highest BCUT2D eigenvalue weighted by atomic mass is 32.2. The monoisotopic (exact) mass is 386 g/mol. The first-order valence-corrected chi connectivity index (χ1v) is 9.86. The van der Waals surface area contributed by atoms with Crippen molar-refractivity contribution in [3.8, 4) is 5.75 Å². The fourth-order valence-corrected chi connectivity index (χ4v) is 4.03. The summed E-state index contributed by atoms with van der Waals surface area (Å²) < 4.78 is 7.39. The lowest BCUT2D eigenvalue weighted by Gasteiger charge is -2.01. The summed E-state index contributed by atoms with van der Waals surface area (Å²) in [6.45, 7) is 4.39. The van der Waals surface area contributed by atoms with Gasteiger partial charge in [-0.3, -0.25) is 9.78 Å². The number of hydrazone groups is 1. The van der Waals surface area contributed by atoms with Crippen LogP contribution in [0.15, 0.2) is 52.0 Å². The number of benzene rings is 1. The van der Waals surface area contributed by atoms with Gasteiger partial charge in [0.15, 0.2) is 4.34 Å². The van der Waals surface area contributed by atoms with Gasteiger partial charge < -0.3 is 4.74 Å². The SMILES string of the molecule is CCOc1ccc2nc(SCC(=O)NN=C(C)c3ccccn3)sc2c1. The Morgan fingerprint density at radius 1 is 1.35 bits per heavy atom. The number of fused-ring (bicyclic) bond motifs is 1. The maximum absolute atomic E-state index is 12.0. The third-order valence-corrected chi connectivity index (χ3v) is 5.52. The smallest absolute Gasteiger partial charge is 0.250 e. The fraction of sp³-hybridized carbons (Fsp3) is 0.222. The van der Waals surface area contributed by atoms with Crippen LogP contribution in [0.5, 0.6) is 5.75 Å². The first-order chi connectivity index (χ1) is 12.7. The topological polar surface area (TPSA) is 76.5 Å². The number of ether oxygens (including phenoxy) is 1. The Kier molecular flexibility index (Phi) is 6.19. The Morgan fingerprint density at radius 3 is 3.00 bits per heavy atom. The molecule has 0 aliphatic rings. The number of thioether (sulfide) groups is 1. The van der Waals surface area contributed by atoms with Crippen LogP contribution in [0.3, 0.4) is 0 Å². The van der Waals surface area contributed by atoms with Crippen LogP contribution in [-0.2, 0) is 4.79 Å². The third-order valence-electron chi connectivity index (χ3n) is 3.36. The summed E-state index contributed by atoms with van der Waals surface area (Å²) >= 11 is 2.94. The minimum absolute atomic E-state index is 0.181. The summed E-state index contributed by atoms with van der Waals surface area (Å²) in [5.41, 5.74) is 4.86. The lowest BCUT2D eigenvalue weighted by Crippen LogP contribution is -2.21. The fourth-order valence-electron chi connectivity index (χ4n) is 2.14. The lowest BCUT2D eigenvalue weighted by molar-refractivity contribution is -0.118. The van der Waals surface area contributed by atoms with Gasteiger partial charge in [0, 0.05) is 6.20 Å². The average Bonchev–Trinajstić information content (AvgIpc) is 3.07. The summed E-state index contributed by atoms with van der Waals surface area (Å²) in [5, 5.41) is 4.09. The van der Waals surface area contributed by atoms with Crippen molar-refractivity contribution in [3.63, 3.8) is 0 Å². The van der Waals surface area contributed by atoms with Gasteiger partial charge in [0.05, 0.1) is 34.0 Å². The van der Waals surface area contributed by atoms with Crippen LogP contribution in [-0.4, -0.2) is 33.9 Å². The van der Waals surface area contributed by atoms with Crippen molar-refractivity contribution in [3.05, 3.63) is 48.3 Å². The molecule has 0 radical (unpaired) electrons. The van der Waals surface area contributed by atoms with Crippen molar-refractivity contribution >= 4 is 44.9 Å². The molecule has 1 N–H and O–H groups in total. The molecule has 0 spiro atoms. The van der Waals surface area contributed by atoms with Crippen LogP contribution in [0.4, 0.5) is 0 Å². The maximum Gasteiger partial charge on any atom is 0.250 e. The first-order valence-electron chi connectivity index (χ1n) is 8.06. The predicted octanol–water partition coefficient (Wildman–Crippen LogP) is 3.72. The van der Waals surface area contributed by atoms with Gasteiger partial charge >= 0.3 is 0 Å². The Hall–Kier alpha value is -2.45. The minimum Gasteiger partial charge on any atom is -0.494 e. The van der Waals surface area contributed by atoms with E-state index in [1.54, 1.807) is 24.5 Å². The molecule has 2 aromatic heterocycles. The molecule has 0 aliphatic carbocycles. The third kappa shape index (κ3) is 4.80. The highest BCUT2D eigenvalue weighted by Gasteiger charge is 2.09. The van der Waals surface area contributed by atoms with Gasteiger partial charge in [-0.2, -0.15) is 5.10 Å². The molecule has 1 aromatic carbocycles. The van der Waals surface area contributed by atoms with E-state index in [0.717, 1.165) is 26.0 Å². The number of rotatable bonds is 7. The average molecular weight is 387 g/mol. The number of pyridine rings is 1. The summed E-state index contributed by atoms with van der Waals surface area (Å²) in [4.78, 5) is 20.7. The molecule has 0 unspecified atom stereocenters. The molecule has 0 saturated heterocycles. The zero-order valence-corrected chi connectivity index (χ0v) is 16.1. The number of nitrogens with one attached hydrogen (secondary N) is 1. The second-order valence-electron chi connectivity index (χ2n) is 5.28. The van der Waals surface area contributed by atoms with Crippen LogP contribution >= 0.6 is 23.1 Å². The number of amides is 1. The first kappa shape index (κ1) is 18.3. The molecule has 6 nitrogen and oxygen atoms in total. The lowest BCUT2D eigenvalue weighted by atomic mass is 10.3. The number of hydrogen-bond donors (Lipinski definition) is 1. The summed E-state index contributed by atoms with van der Waals surface area (Å²) in [7, 11) is 0. The maximum atomic E-state index is 12.0. The van der Waals surface area contributed by atoms with Gasteiger partial charge in [-0.15, -0.1) is 11.3 Å². The Balaban J connectivity index is 1.56. The van der Waals surface area contributed by atoms with Crippen molar-refractivity contribution in [1.29, 1.82) is 0 Å². The van der Waals surface area contributed by atoms with E-state index in [1.807, 2.05) is 43.3 Å². The molecule has 8 heteroatoms. The second-order valence-corrected chi connectivity index (χ2v) is 7.53. The van der Waals surface area contributed by atoms with Gasteiger partial charge in [0.25, 0.3) is 5.91 Å². The van der Waals surface area contributed by atoms with Crippen molar-refractivity contribution in [2.45, 2.75) is 18.2 Å². The molecule has 2 heterocycles. The highest BCUT2D eigenvalue weighted by Crippen LogP contribution is 2.31. The van der Waals surface area contributed by atoms with Gasteiger partial charge in [0.2, 0.25) is 0 Å². The Labute approximate surface area is 159 Å². The van der Waals surface area contributed by atoms with E-state index in [9.17, 15) is 4.79 Å². The molecular formula is C18H18N4O2S2. The zero-order chi connectivity index (χ0) is 18.4. The number of thiazole rings is 1. The zero-order valence-electron chi connectivity index (χ0n) is 14.4. The molecule has 0 aliphatic heterocycles. The molecule has 0 bridgehead atoms. The van der Waals surface area contributed by atoms with Gasteiger partial charge in [0.1, 0.15) is 5.75 Å². The largest absolute Gasteiger partial charge is 0.494 e. The van der Waals surface area contributed by atoms with Crippen LogP contribution < -0.4 is 10.2 Å². The molecule has 134 valence electrons. The van der Waals surface area contributed by atoms with Gasteiger partial charge in [-0.25, -0.2) is 10.4 Å². The summed E-state index contributed by atoms with van der Waals surface area (Å²) in [6.07, 6.45) is 1.69. The van der Waals surface area contributed by atoms with E-state index >= 15 is 0 Å². The van der Waals surface area contributed by atoms with E-state index in [2.05, 4.69) is 20.5 Å². The second kappa shape index (κ2) is 8.77. The predicted molar refractivity (Wildman–Crippen MR) is 106 cm³/mol.